The lowest BCUT2D eigenvalue weighted by molar-refractivity contribution is -0.00709. The van der Waals surface area contributed by atoms with Gasteiger partial charge in [-0.3, -0.25) is 0 Å². The Labute approximate surface area is 176 Å². The van der Waals surface area contributed by atoms with Crippen molar-refractivity contribution in [3.05, 3.63) is 48.5 Å². The molecule has 0 saturated heterocycles. The minimum absolute atomic E-state index is 0.118. The number of hydrogen-bond acceptors (Lipinski definition) is 8. The minimum Gasteiger partial charge on any atom is -0.504 e. The molecule has 30 heavy (non-hydrogen) atoms. The highest BCUT2D eigenvalue weighted by Crippen LogP contribution is 2.24. The van der Waals surface area contributed by atoms with Crippen molar-refractivity contribution in [2.45, 2.75) is 0 Å². The highest BCUT2D eigenvalue weighted by molar-refractivity contribution is 5.38. The molecule has 0 unspecified atom stereocenters. The van der Waals surface area contributed by atoms with Crippen LogP contribution in [0, 0.1) is 0 Å². The molecular weight excluding hydrogens is 392 g/mol. The highest BCUT2D eigenvalue weighted by Gasteiger charge is 2.01. The van der Waals surface area contributed by atoms with E-state index in [9.17, 15) is 10.2 Å². The Morgan fingerprint density at radius 2 is 0.733 bits per heavy atom. The number of phenols is 2. The van der Waals surface area contributed by atoms with Gasteiger partial charge in [0.15, 0.2) is 23.0 Å². The molecule has 0 radical (unpaired) electrons. The highest BCUT2D eigenvalue weighted by atomic mass is 16.6. The molecule has 2 aromatic rings. The van der Waals surface area contributed by atoms with Gasteiger partial charge in [-0.25, -0.2) is 0 Å². The van der Waals surface area contributed by atoms with Crippen LogP contribution in [-0.4, -0.2) is 76.3 Å². The zero-order chi connectivity index (χ0) is 21.3. The Bertz CT molecular complexity index is 635. The molecule has 0 atom stereocenters. The van der Waals surface area contributed by atoms with Crippen molar-refractivity contribution in [3.8, 4) is 23.0 Å². The second kappa shape index (κ2) is 15.3. The standard InChI is InChI=1S/C22H30O8/c23-19-5-1-3-7-21(19)29-17-15-27-13-11-25-9-10-26-12-14-28-16-18-30-22-8-4-2-6-20(22)24/h1-8,23-24H,9-18H2. The molecule has 8 nitrogen and oxygen atoms in total. The molecule has 0 saturated carbocycles. The maximum atomic E-state index is 9.56. The molecule has 0 aliphatic rings. The Morgan fingerprint density at radius 3 is 1.07 bits per heavy atom. The normalized spacial score (nSPS) is 10.8. The van der Waals surface area contributed by atoms with Crippen LogP contribution in [0.1, 0.15) is 0 Å². The summed E-state index contributed by atoms with van der Waals surface area (Å²) < 4.78 is 32.4. The molecule has 0 bridgehead atoms. The third-order valence-electron chi connectivity index (χ3n) is 3.82. The molecule has 0 heterocycles. The van der Waals surface area contributed by atoms with E-state index in [0.29, 0.717) is 77.6 Å². The van der Waals surface area contributed by atoms with Crippen LogP contribution in [0.2, 0.25) is 0 Å². The molecule has 166 valence electrons. The summed E-state index contributed by atoms with van der Waals surface area (Å²) >= 11 is 0. The molecule has 0 aliphatic carbocycles. The monoisotopic (exact) mass is 422 g/mol. The summed E-state index contributed by atoms with van der Waals surface area (Å²) in [5.41, 5.74) is 0. The van der Waals surface area contributed by atoms with Crippen LogP contribution in [0.3, 0.4) is 0 Å². The molecule has 2 N–H and O–H groups in total. The van der Waals surface area contributed by atoms with Gasteiger partial charge >= 0.3 is 0 Å². The van der Waals surface area contributed by atoms with E-state index < -0.39 is 0 Å². The molecule has 0 fully saturated rings. The van der Waals surface area contributed by atoms with Crippen molar-refractivity contribution >= 4 is 0 Å². The van der Waals surface area contributed by atoms with Gasteiger partial charge in [-0.15, -0.1) is 0 Å². The molecule has 2 rings (SSSR count). The SMILES string of the molecule is Oc1ccccc1OCCOCCOCCOCCOCCOc1ccccc1O. The third-order valence-corrected chi connectivity index (χ3v) is 3.82. The summed E-state index contributed by atoms with van der Waals surface area (Å²) in [6, 6.07) is 13.6. The summed E-state index contributed by atoms with van der Waals surface area (Å²) in [4.78, 5) is 0. The lowest BCUT2D eigenvalue weighted by Gasteiger charge is -2.09. The van der Waals surface area contributed by atoms with Crippen LogP contribution >= 0.6 is 0 Å². The second-order valence-electron chi connectivity index (χ2n) is 6.08. The Balaban J connectivity index is 1.29. The van der Waals surface area contributed by atoms with Gasteiger partial charge in [-0.2, -0.15) is 0 Å². The Morgan fingerprint density at radius 1 is 0.433 bits per heavy atom. The van der Waals surface area contributed by atoms with Crippen molar-refractivity contribution in [1.82, 2.24) is 0 Å². The minimum atomic E-state index is 0.118. The van der Waals surface area contributed by atoms with Gasteiger partial charge in [0.2, 0.25) is 0 Å². The smallest absolute Gasteiger partial charge is 0.161 e. The first-order valence-electron chi connectivity index (χ1n) is 9.90. The van der Waals surface area contributed by atoms with E-state index in [1.54, 1.807) is 48.5 Å². The first kappa shape index (κ1) is 23.8. The first-order valence-corrected chi connectivity index (χ1v) is 9.90. The van der Waals surface area contributed by atoms with Gasteiger partial charge in [0, 0.05) is 0 Å². The van der Waals surface area contributed by atoms with E-state index in [0.717, 1.165) is 0 Å². The number of rotatable bonds is 17. The van der Waals surface area contributed by atoms with Crippen LogP contribution in [0.5, 0.6) is 23.0 Å². The summed E-state index contributed by atoms with van der Waals surface area (Å²) in [5.74, 6) is 1.13. The van der Waals surface area contributed by atoms with Crippen molar-refractivity contribution in [2.75, 3.05) is 66.1 Å². The molecule has 0 aliphatic heterocycles. The topological polar surface area (TPSA) is 95.8 Å². The lowest BCUT2D eigenvalue weighted by atomic mass is 10.3. The number of phenolic OH excluding ortho intramolecular Hbond substituents is 2. The summed E-state index contributed by atoms with van der Waals surface area (Å²) in [5, 5.41) is 19.1. The molecule has 8 heteroatoms. The van der Waals surface area contributed by atoms with Crippen LogP contribution in [-0.2, 0) is 18.9 Å². The van der Waals surface area contributed by atoms with Crippen LogP contribution in [0.25, 0.3) is 0 Å². The van der Waals surface area contributed by atoms with Gasteiger partial charge in [-0.1, -0.05) is 24.3 Å². The number of para-hydroxylation sites is 4. The summed E-state index contributed by atoms with van der Waals surface area (Å²) in [6.45, 7) is 4.38. The molecule has 0 spiro atoms. The summed E-state index contributed by atoms with van der Waals surface area (Å²) in [6.07, 6.45) is 0. The average molecular weight is 422 g/mol. The fourth-order valence-corrected chi connectivity index (χ4v) is 2.34. The predicted octanol–water partition coefficient (Wildman–Crippen LogP) is 2.62. The largest absolute Gasteiger partial charge is 0.504 e. The van der Waals surface area contributed by atoms with E-state index >= 15 is 0 Å². The fraction of sp³-hybridized carbons (Fsp3) is 0.455. The summed E-state index contributed by atoms with van der Waals surface area (Å²) in [7, 11) is 0. The second-order valence-corrected chi connectivity index (χ2v) is 6.08. The average Bonchev–Trinajstić information content (AvgIpc) is 2.76. The van der Waals surface area contributed by atoms with E-state index in [1.165, 1.54) is 0 Å². The molecule has 2 aromatic carbocycles. The van der Waals surface area contributed by atoms with E-state index in [2.05, 4.69) is 0 Å². The molecule has 0 aromatic heterocycles. The molecule has 0 amide bonds. The maximum Gasteiger partial charge on any atom is 0.161 e. The van der Waals surface area contributed by atoms with Crippen molar-refractivity contribution in [3.63, 3.8) is 0 Å². The Hall–Kier alpha value is -2.52. The number of aromatic hydroxyl groups is 2. The fourth-order valence-electron chi connectivity index (χ4n) is 2.34. The zero-order valence-corrected chi connectivity index (χ0v) is 17.0. The zero-order valence-electron chi connectivity index (χ0n) is 17.0. The van der Waals surface area contributed by atoms with E-state index in [1.807, 2.05) is 0 Å². The maximum absolute atomic E-state index is 9.56. The lowest BCUT2D eigenvalue weighted by Crippen LogP contribution is -2.14. The first-order chi connectivity index (χ1) is 14.8. The van der Waals surface area contributed by atoms with E-state index in [-0.39, 0.29) is 11.5 Å². The molecular formula is C22H30O8. The van der Waals surface area contributed by atoms with Crippen molar-refractivity contribution in [1.29, 1.82) is 0 Å². The third kappa shape index (κ3) is 10.3. The van der Waals surface area contributed by atoms with Crippen LogP contribution < -0.4 is 9.47 Å². The number of benzene rings is 2. The van der Waals surface area contributed by atoms with Gasteiger partial charge in [-0.05, 0) is 24.3 Å². The Kier molecular flexibility index (Phi) is 12.1. The van der Waals surface area contributed by atoms with Gasteiger partial charge in [0.25, 0.3) is 0 Å². The quantitative estimate of drug-likeness (QED) is 0.376. The van der Waals surface area contributed by atoms with Crippen LogP contribution in [0.4, 0.5) is 0 Å². The van der Waals surface area contributed by atoms with Crippen molar-refractivity contribution in [2.24, 2.45) is 0 Å². The predicted molar refractivity (Wildman–Crippen MR) is 110 cm³/mol. The van der Waals surface area contributed by atoms with Gasteiger partial charge in [0.1, 0.15) is 13.2 Å². The van der Waals surface area contributed by atoms with Gasteiger partial charge < -0.3 is 38.6 Å². The number of ether oxygens (including phenoxy) is 6. The van der Waals surface area contributed by atoms with Gasteiger partial charge in [0.05, 0.1) is 52.9 Å². The van der Waals surface area contributed by atoms with Crippen molar-refractivity contribution < 1.29 is 38.6 Å². The van der Waals surface area contributed by atoms with E-state index in [4.69, 9.17) is 28.4 Å². The number of hydrogen-bond donors (Lipinski definition) is 2. The van der Waals surface area contributed by atoms with Crippen LogP contribution in [0.15, 0.2) is 48.5 Å².